The Labute approximate surface area is 95.8 Å². The van der Waals surface area contributed by atoms with Gasteiger partial charge in [-0.15, -0.1) is 0 Å². The molecular formula is C11H20IN. The van der Waals surface area contributed by atoms with Gasteiger partial charge in [0.15, 0.2) is 0 Å². The summed E-state index contributed by atoms with van der Waals surface area (Å²) < 4.78 is 2.51. The molecule has 1 saturated carbocycles. The Bertz CT molecular complexity index is 187. The van der Waals surface area contributed by atoms with E-state index in [2.05, 4.69) is 39.8 Å². The van der Waals surface area contributed by atoms with Crippen molar-refractivity contribution in [1.29, 1.82) is 0 Å². The Morgan fingerprint density at radius 2 is 2.00 bits per heavy atom. The number of nitrogens with zero attached hydrogens (tertiary/aromatic N) is 1. The minimum Gasteiger partial charge on any atom is -0.247 e. The third-order valence-electron chi connectivity index (χ3n) is 3.91. The van der Waals surface area contributed by atoms with Crippen molar-refractivity contribution >= 4 is 22.9 Å². The molecule has 0 bridgehead atoms. The van der Waals surface area contributed by atoms with Gasteiger partial charge in [0, 0.05) is 36.0 Å². The quantitative estimate of drug-likeness (QED) is 0.528. The summed E-state index contributed by atoms with van der Waals surface area (Å²) in [5.41, 5.74) is 0.800. The van der Waals surface area contributed by atoms with Crippen LogP contribution in [-0.4, -0.2) is 16.2 Å². The molecule has 0 amide bonds. The molecule has 0 radical (unpaired) electrons. The van der Waals surface area contributed by atoms with E-state index in [1.54, 1.807) is 0 Å². The van der Waals surface area contributed by atoms with Gasteiger partial charge in [-0.1, -0.05) is 13.8 Å². The van der Waals surface area contributed by atoms with Crippen molar-refractivity contribution in [3.63, 3.8) is 0 Å². The van der Waals surface area contributed by atoms with Crippen molar-refractivity contribution in [2.75, 3.05) is 13.1 Å². The van der Waals surface area contributed by atoms with Gasteiger partial charge >= 0.3 is 0 Å². The summed E-state index contributed by atoms with van der Waals surface area (Å²) in [5.74, 6) is 1.81. The molecule has 2 rings (SSSR count). The first-order chi connectivity index (χ1) is 6.11. The molecule has 2 heteroatoms. The molecule has 76 valence electrons. The highest BCUT2D eigenvalue weighted by Crippen LogP contribution is 2.55. The minimum atomic E-state index is 0.800. The van der Waals surface area contributed by atoms with Gasteiger partial charge in [0.25, 0.3) is 0 Å². The molecule has 1 nitrogen and oxygen atoms in total. The molecule has 1 aliphatic heterocycles. The molecule has 2 aliphatic rings. The monoisotopic (exact) mass is 293 g/mol. The van der Waals surface area contributed by atoms with Crippen LogP contribution < -0.4 is 0 Å². The highest BCUT2D eigenvalue weighted by atomic mass is 127. The van der Waals surface area contributed by atoms with Gasteiger partial charge in [0.05, 0.1) is 0 Å². The first kappa shape index (κ1) is 10.2. The molecule has 1 spiro atoms. The normalized spacial score (nSPS) is 33.7. The summed E-state index contributed by atoms with van der Waals surface area (Å²) in [6, 6.07) is 0. The first-order valence-corrected chi connectivity index (χ1v) is 6.49. The van der Waals surface area contributed by atoms with E-state index in [0.717, 1.165) is 17.3 Å². The summed E-state index contributed by atoms with van der Waals surface area (Å²) in [7, 11) is 0. The molecule has 2 fully saturated rings. The van der Waals surface area contributed by atoms with Gasteiger partial charge in [0.1, 0.15) is 0 Å². The third kappa shape index (κ3) is 2.38. The molecule has 1 heterocycles. The maximum absolute atomic E-state index is 2.51. The molecule has 13 heavy (non-hydrogen) atoms. The second-order valence-corrected chi connectivity index (χ2v) is 6.69. The van der Waals surface area contributed by atoms with Crippen LogP contribution in [0.15, 0.2) is 0 Å². The molecule has 1 aliphatic carbocycles. The van der Waals surface area contributed by atoms with E-state index < -0.39 is 0 Å². The number of hydrogen-bond acceptors (Lipinski definition) is 1. The third-order valence-corrected chi connectivity index (χ3v) is 4.79. The predicted octanol–water partition coefficient (Wildman–Crippen LogP) is 3.48. The van der Waals surface area contributed by atoms with E-state index in [4.69, 9.17) is 0 Å². The van der Waals surface area contributed by atoms with Crippen molar-refractivity contribution in [3.8, 4) is 0 Å². The summed E-state index contributed by atoms with van der Waals surface area (Å²) >= 11 is 2.51. The number of halogens is 1. The number of hydrogen-bond donors (Lipinski definition) is 0. The van der Waals surface area contributed by atoms with Gasteiger partial charge in [0.2, 0.25) is 0 Å². The average Bonchev–Trinajstić information content (AvgIpc) is 2.82. The fraction of sp³-hybridized carbons (Fsp3) is 1.00. The van der Waals surface area contributed by atoms with Crippen molar-refractivity contribution in [2.45, 2.75) is 39.5 Å². The van der Waals surface area contributed by atoms with Crippen molar-refractivity contribution < 1.29 is 0 Å². The van der Waals surface area contributed by atoms with Gasteiger partial charge in [-0.2, -0.15) is 0 Å². The largest absolute Gasteiger partial charge is 0.247 e. The lowest BCUT2D eigenvalue weighted by Crippen LogP contribution is -2.22. The van der Waals surface area contributed by atoms with Crippen molar-refractivity contribution in [1.82, 2.24) is 3.11 Å². The van der Waals surface area contributed by atoms with Crippen LogP contribution in [0.4, 0.5) is 0 Å². The standard InChI is InChI=1S/C11H20IN/c1-9(2)10-7-11(3-4-11)5-6-13(12)8-10/h9-10H,3-8H2,1-2H3. The Kier molecular flexibility index (Phi) is 2.90. The maximum atomic E-state index is 2.51. The van der Waals surface area contributed by atoms with Crippen molar-refractivity contribution in [3.05, 3.63) is 0 Å². The topological polar surface area (TPSA) is 3.24 Å². The lowest BCUT2D eigenvalue weighted by atomic mass is 9.84. The summed E-state index contributed by atoms with van der Waals surface area (Å²) in [6.45, 7) is 7.41. The molecule has 1 saturated heterocycles. The maximum Gasteiger partial charge on any atom is 0.0201 e. The van der Waals surface area contributed by atoms with Crippen LogP contribution in [0.2, 0.25) is 0 Å². The van der Waals surface area contributed by atoms with E-state index in [-0.39, 0.29) is 0 Å². The Morgan fingerprint density at radius 1 is 1.31 bits per heavy atom. The fourth-order valence-electron chi connectivity index (χ4n) is 2.50. The zero-order valence-corrected chi connectivity index (χ0v) is 10.9. The molecule has 0 aromatic carbocycles. The van der Waals surface area contributed by atoms with E-state index in [1.165, 1.54) is 38.8 Å². The van der Waals surface area contributed by atoms with Crippen molar-refractivity contribution in [2.24, 2.45) is 17.3 Å². The predicted molar refractivity (Wildman–Crippen MR) is 64.8 cm³/mol. The zero-order valence-electron chi connectivity index (χ0n) is 8.72. The SMILES string of the molecule is CC(C)C1CN(I)CCC2(CC2)C1. The van der Waals surface area contributed by atoms with Gasteiger partial charge in [-0.05, 0) is 42.9 Å². The second-order valence-electron chi connectivity index (χ2n) is 5.33. The summed E-state index contributed by atoms with van der Waals surface area (Å²) in [4.78, 5) is 0. The summed E-state index contributed by atoms with van der Waals surface area (Å²) in [6.07, 6.45) is 5.99. The Hall–Kier alpha value is 0.690. The summed E-state index contributed by atoms with van der Waals surface area (Å²) in [5, 5.41) is 0. The zero-order chi connectivity index (χ0) is 9.47. The number of rotatable bonds is 1. The van der Waals surface area contributed by atoms with Gasteiger partial charge in [-0.3, -0.25) is 0 Å². The van der Waals surface area contributed by atoms with Crippen LogP contribution in [0.25, 0.3) is 0 Å². The molecule has 1 atom stereocenters. The van der Waals surface area contributed by atoms with E-state index in [1.807, 2.05) is 0 Å². The van der Waals surface area contributed by atoms with E-state index in [0.29, 0.717) is 0 Å². The van der Waals surface area contributed by atoms with Crippen LogP contribution in [0.1, 0.15) is 39.5 Å². The van der Waals surface area contributed by atoms with Crippen LogP contribution in [0.3, 0.4) is 0 Å². The highest BCUT2D eigenvalue weighted by Gasteiger charge is 2.45. The van der Waals surface area contributed by atoms with Gasteiger partial charge in [-0.25, -0.2) is 3.11 Å². The molecule has 0 N–H and O–H groups in total. The minimum absolute atomic E-state index is 0.800. The molecule has 0 aromatic rings. The van der Waals surface area contributed by atoms with Crippen LogP contribution >= 0.6 is 22.9 Å². The molecular weight excluding hydrogens is 273 g/mol. The lowest BCUT2D eigenvalue weighted by molar-refractivity contribution is 0.288. The average molecular weight is 293 g/mol. The Balaban J connectivity index is 2.01. The Morgan fingerprint density at radius 3 is 2.54 bits per heavy atom. The highest BCUT2D eigenvalue weighted by molar-refractivity contribution is 14.1. The van der Waals surface area contributed by atoms with Crippen LogP contribution in [0, 0.1) is 17.3 Å². The van der Waals surface area contributed by atoms with Gasteiger partial charge < -0.3 is 0 Å². The van der Waals surface area contributed by atoms with Crippen LogP contribution in [0.5, 0.6) is 0 Å². The first-order valence-electron chi connectivity index (χ1n) is 5.52. The smallest absolute Gasteiger partial charge is 0.0201 e. The second kappa shape index (κ2) is 3.69. The van der Waals surface area contributed by atoms with E-state index in [9.17, 15) is 0 Å². The fourth-order valence-corrected chi connectivity index (χ4v) is 3.25. The van der Waals surface area contributed by atoms with Crippen LogP contribution in [-0.2, 0) is 0 Å². The molecule has 0 aromatic heterocycles. The molecule has 1 unspecified atom stereocenters. The van der Waals surface area contributed by atoms with E-state index >= 15 is 0 Å². The lowest BCUT2D eigenvalue weighted by Gasteiger charge is -2.23.